The summed E-state index contributed by atoms with van der Waals surface area (Å²) in [5.74, 6) is 2.15. The molecule has 3 rings (SSSR count). The van der Waals surface area contributed by atoms with Crippen molar-refractivity contribution in [2.75, 3.05) is 69.2 Å². The van der Waals surface area contributed by atoms with Crippen LogP contribution in [0.3, 0.4) is 0 Å². The lowest BCUT2D eigenvalue weighted by Gasteiger charge is -2.36. The molecule has 0 spiro atoms. The average Bonchev–Trinajstić information content (AvgIpc) is 2.63. The molecule has 0 N–H and O–H groups in total. The second-order valence-corrected chi connectivity index (χ2v) is 6.66. The summed E-state index contributed by atoms with van der Waals surface area (Å²) in [6, 6.07) is 4.13. The van der Waals surface area contributed by atoms with Gasteiger partial charge in [-0.1, -0.05) is 6.92 Å². The van der Waals surface area contributed by atoms with E-state index in [2.05, 4.69) is 44.1 Å². The summed E-state index contributed by atoms with van der Waals surface area (Å²) in [5.41, 5.74) is 0. The Balaban J connectivity index is 1.54. The van der Waals surface area contributed by atoms with Gasteiger partial charge in [0.25, 0.3) is 0 Å². The third kappa shape index (κ3) is 3.95. The van der Waals surface area contributed by atoms with Gasteiger partial charge in [-0.2, -0.15) is 0 Å². The minimum atomic E-state index is 0.272. The van der Waals surface area contributed by atoms with Crippen LogP contribution in [0.25, 0.3) is 0 Å². The van der Waals surface area contributed by atoms with Gasteiger partial charge in [-0.15, -0.1) is 10.2 Å². The van der Waals surface area contributed by atoms with Crippen molar-refractivity contribution in [1.29, 1.82) is 0 Å². The number of amides is 1. The van der Waals surface area contributed by atoms with Crippen molar-refractivity contribution in [3.8, 4) is 0 Å². The van der Waals surface area contributed by atoms with Crippen LogP contribution in [0, 0.1) is 0 Å². The summed E-state index contributed by atoms with van der Waals surface area (Å²) in [5, 5.41) is 8.84. The minimum absolute atomic E-state index is 0.272. The van der Waals surface area contributed by atoms with Crippen LogP contribution < -0.4 is 9.80 Å². The fourth-order valence-electron chi connectivity index (χ4n) is 3.25. The van der Waals surface area contributed by atoms with E-state index in [0.29, 0.717) is 6.42 Å². The SMILES string of the molecule is CCCC(=O)N1CCN(c2ccc(N3CCN(C)CC3)nn2)CC1. The van der Waals surface area contributed by atoms with E-state index in [1.165, 1.54) is 0 Å². The second kappa shape index (κ2) is 7.79. The predicted molar refractivity (Wildman–Crippen MR) is 95.4 cm³/mol. The molecular weight excluding hydrogens is 304 g/mol. The van der Waals surface area contributed by atoms with Crippen molar-refractivity contribution in [2.24, 2.45) is 0 Å². The Morgan fingerprint density at radius 1 is 0.917 bits per heavy atom. The maximum absolute atomic E-state index is 12.0. The van der Waals surface area contributed by atoms with Crippen molar-refractivity contribution >= 4 is 17.5 Å². The van der Waals surface area contributed by atoms with Crippen LogP contribution in [-0.4, -0.2) is 85.3 Å². The molecule has 2 aliphatic heterocycles. The molecule has 132 valence electrons. The zero-order valence-electron chi connectivity index (χ0n) is 14.8. The van der Waals surface area contributed by atoms with E-state index in [9.17, 15) is 4.79 Å². The Bertz CT molecular complexity index is 533. The average molecular weight is 332 g/mol. The number of aromatic nitrogens is 2. The molecule has 7 heteroatoms. The fraction of sp³-hybridized carbons (Fsp3) is 0.706. The molecule has 0 aliphatic carbocycles. The van der Waals surface area contributed by atoms with Crippen LogP contribution >= 0.6 is 0 Å². The van der Waals surface area contributed by atoms with Crippen LogP contribution in [-0.2, 0) is 4.79 Å². The van der Waals surface area contributed by atoms with Crippen molar-refractivity contribution < 1.29 is 4.79 Å². The highest BCUT2D eigenvalue weighted by molar-refractivity contribution is 5.76. The Kier molecular flexibility index (Phi) is 5.50. The first-order chi connectivity index (χ1) is 11.7. The third-order valence-corrected chi connectivity index (χ3v) is 4.88. The molecule has 1 amide bonds. The molecule has 0 bridgehead atoms. The van der Waals surface area contributed by atoms with E-state index < -0.39 is 0 Å². The van der Waals surface area contributed by atoms with Crippen molar-refractivity contribution in [3.05, 3.63) is 12.1 Å². The van der Waals surface area contributed by atoms with E-state index in [-0.39, 0.29) is 5.91 Å². The molecule has 0 saturated carbocycles. The van der Waals surface area contributed by atoms with Crippen LogP contribution in [0.1, 0.15) is 19.8 Å². The lowest BCUT2D eigenvalue weighted by molar-refractivity contribution is -0.131. The van der Waals surface area contributed by atoms with E-state index in [0.717, 1.165) is 70.4 Å². The molecule has 2 aliphatic rings. The quantitative estimate of drug-likeness (QED) is 0.808. The smallest absolute Gasteiger partial charge is 0.222 e. The number of piperazine rings is 2. The van der Waals surface area contributed by atoms with Gasteiger partial charge in [0.05, 0.1) is 0 Å². The Labute approximate surface area is 144 Å². The monoisotopic (exact) mass is 332 g/mol. The number of hydrogen-bond donors (Lipinski definition) is 0. The number of hydrogen-bond acceptors (Lipinski definition) is 6. The third-order valence-electron chi connectivity index (χ3n) is 4.88. The van der Waals surface area contributed by atoms with Crippen LogP contribution in [0.15, 0.2) is 12.1 Å². The molecule has 2 fully saturated rings. The van der Waals surface area contributed by atoms with Crippen LogP contribution in [0.2, 0.25) is 0 Å². The number of likely N-dealkylation sites (N-methyl/N-ethyl adjacent to an activating group) is 1. The molecule has 2 saturated heterocycles. The summed E-state index contributed by atoms with van der Waals surface area (Å²) in [6.45, 7) is 9.41. The molecule has 7 nitrogen and oxygen atoms in total. The summed E-state index contributed by atoms with van der Waals surface area (Å²) in [4.78, 5) is 20.8. The lowest BCUT2D eigenvalue weighted by Crippen LogP contribution is -2.49. The van der Waals surface area contributed by atoms with Crippen LogP contribution in [0.4, 0.5) is 11.6 Å². The van der Waals surface area contributed by atoms with Crippen molar-refractivity contribution in [3.63, 3.8) is 0 Å². The minimum Gasteiger partial charge on any atom is -0.353 e. The maximum Gasteiger partial charge on any atom is 0.222 e. The second-order valence-electron chi connectivity index (χ2n) is 6.66. The van der Waals surface area contributed by atoms with E-state index in [1.54, 1.807) is 0 Å². The van der Waals surface area contributed by atoms with E-state index >= 15 is 0 Å². The highest BCUT2D eigenvalue weighted by Crippen LogP contribution is 2.18. The fourth-order valence-corrected chi connectivity index (χ4v) is 3.25. The van der Waals surface area contributed by atoms with E-state index in [4.69, 9.17) is 0 Å². The first-order valence-electron chi connectivity index (χ1n) is 8.97. The molecule has 1 aromatic heterocycles. The van der Waals surface area contributed by atoms with Gasteiger partial charge >= 0.3 is 0 Å². The topological polar surface area (TPSA) is 55.8 Å². The van der Waals surface area contributed by atoms with Crippen LogP contribution in [0.5, 0.6) is 0 Å². The molecular formula is C17H28N6O. The Morgan fingerprint density at radius 2 is 1.42 bits per heavy atom. The molecule has 24 heavy (non-hydrogen) atoms. The Morgan fingerprint density at radius 3 is 1.88 bits per heavy atom. The summed E-state index contributed by atoms with van der Waals surface area (Å²) >= 11 is 0. The summed E-state index contributed by atoms with van der Waals surface area (Å²) < 4.78 is 0. The van der Waals surface area contributed by atoms with Gasteiger partial charge in [-0.3, -0.25) is 4.79 Å². The molecule has 3 heterocycles. The highest BCUT2D eigenvalue weighted by atomic mass is 16.2. The van der Waals surface area contributed by atoms with Crippen molar-refractivity contribution in [1.82, 2.24) is 20.0 Å². The van der Waals surface area contributed by atoms with Gasteiger partial charge in [-0.05, 0) is 25.6 Å². The molecule has 0 aromatic carbocycles. The molecule has 0 radical (unpaired) electrons. The standard InChI is InChI=1S/C17H28N6O/c1-3-4-17(24)23-13-11-22(12-14-23)16-6-5-15(18-19-16)21-9-7-20(2)8-10-21/h5-6H,3-4,7-14H2,1-2H3. The maximum atomic E-state index is 12.0. The number of carbonyl (C=O) groups is 1. The lowest BCUT2D eigenvalue weighted by atomic mass is 10.2. The normalized spacial score (nSPS) is 19.7. The zero-order valence-corrected chi connectivity index (χ0v) is 14.8. The van der Waals surface area contributed by atoms with E-state index in [1.807, 2.05) is 11.8 Å². The first-order valence-corrected chi connectivity index (χ1v) is 8.97. The Hall–Kier alpha value is -1.89. The largest absolute Gasteiger partial charge is 0.353 e. The zero-order chi connectivity index (χ0) is 16.9. The van der Waals surface area contributed by atoms with Gasteiger partial charge in [0, 0.05) is 58.8 Å². The van der Waals surface area contributed by atoms with Gasteiger partial charge < -0.3 is 19.6 Å². The number of carbonyl (C=O) groups excluding carboxylic acids is 1. The summed E-state index contributed by atoms with van der Waals surface area (Å²) in [7, 11) is 2.15. The molecule has 0 atom stereocenters. The number of rotatable bonds is 4. The van der Waals surface area contributed by atoms with Crippen molar-refractivity contribution in [2.45, 2.75) is 19.8 Å². The van der Waals surface area contributed by atoms with Gasteiger partial charge in [0.2, 0.25) is 5.91 Å². The number of anilines is 2. The summed E-state index contributed by atoms with van der Waals surface area (Å²) in [6.07, 6.45) is 1.57. The predicted octanol–water partition coefficient (Wildman–Crippen LogP) is 0.677. The molecule has 0 unspecified atom stereocenters. The first kappa shape index (κ1) is 17.0. The highest BCUT2D eigenvalue weighted by Gasteiger charge is 2.22. The van der Waals surface area contributed by atoms with Gasteiger partial charge in [0.15, 0.2) is 11.6 Å². The van der Waals surface area contributed by atoms with Gasteiger partial charge in [0.1, 0.15) is 0 Å². The number of nitrogens with zero attached hydrogens (tertiary/aromatic N) is 6. The van der Waals surface area contributed by atoms with Gasteiger partial charge in [-0.25, -0.2) is 0 Å². The molecule has 1 aromatic rings.